The summed E-state index contributed by atoms with van der Waals surface area (Å²) in [4.78, 5) is 4.09. The second kappa shape index (κ2) is 5.41. The third-order valence-corrected chi connectivity index (χ3v) is 3.33. The van der Waals surface area contributed by atoms with Crippen LogP contribution in [0.1, 0.15) is 10.6 Å². The van der Waals surface area contributed by atoms with Gasteiger partial charge in [0.1, 0.15) is 23.2 Å². The van der Waals surface area contributed by atoms with Crippen molar-refractivity contribution in [2.45, 2.75) is 11.9 Å². The van der Waals surface area contributed by atoms with Crippen molar-refractivity contribution in [3.63, 3.8) is 0 Å². The molecule has 2 aromatic rings. The van der Waals surface area contributed by atoms with Gasteiger partial charge in [0.2, 0.25) is 0 Å². The van der Waals surface area contributed by atoms with Gasteiger partial charge in [0.15, 0.2) is 0 Å². The van der Waals surface area contributed by atoms with Gasteiger partial charge in [-0.05, 0) is 17.7 Å². The van der Waals surface area contributed by atoms with E-state index in [1.54, 1.807) is 6.20 Å². The maximum Gasteiger partial charge on any atom is 0.140 e. The Kier molecular flexibility index (Phi) is 3.90. The van der Waals surface area contributed by atoms with Gasteiger partial charge in [0.25, 0.3) is 0 Å². The van der Waals surface area contributed by atoms with Crippen LogP contribution in [0.2, 0.25) is 0 Å². The Balaban J connectivity index is 2.06. The lowest BCUT2D eigenvalue weighted by molar-refractivity contribution is 0.303. The minimum absolute atomic E-state index is 0.286. The Hall–Kier alpha value is -0.940. The Bertz CT molecular complexity index is 461. The van der Waals surface area contributed by atoms with Crippen LogP contribution in [0.3, 0.4) is 0 Å². The molecule has 16 heavy (non-hydrogen) atoms. The van der Waals surface area contributed by atoms with Crippen LogP contribution in [0.5, 0.6) is 5.75 Å². The first kappa shape index (κ1) is 11.5. The first-order chi connectivity index (χ1) is 7.78. The molecular formula is C11H9BrFNOS. The predicted molar refractivity (Wildman–Crippen MR) is 65.5 cm³/mol. The predicted octanol–water partition coefficient (Wildman–Crippen LogP) is 3.76. The fourth-order valence-electron chi connectivity index (χ4n) is 1.25. The van der Waals surface area contributed by atoms with E-state index in [1.165, 1.54) is 23.5 Å². The van der Waals surface area contributed by atoms with E-state index in [1.807, 2.05) is 11.4 Å². The molecule has 0 bridgehead atoms. The first-order valence-electron chi connectivity index (χ1n) is 4.64. The van der Waals surface area contributed by atoms with Gasteiger partial charge in [0, 0.05) is 23.0 Å². The van der Waals surface area contributed by atoms with Crippen molar-refractivity contribution in [2.24, 2.45) is 0 Å². The van der Waals surface area contributed by atoms with Gasteiger partial charge >= 0.3 is 0 Å². The molecule has 0 aliphatic rings. The topological polar surface area (TPSA) is 22.1 Å². The van der Waals surface area contributed by atoms with Crippen LogP contribution < -0.4 is 4.74 Å². The SMILES string of the molecule is Fc1cc(CBr)cc(OCc2nccs2)c1. The van der Waals surface area contributed by atoms with E-state index in [4.69, 9.17) is 4.74 Å². The van der Waals surface area contributed by atoms with Crippen molar-refractivity contribution in [1.29, 1.82) is 0 Å². The fourth-order valence-corrected chi connectivity index (χ4v) is 2.10. The maximum atomic E-state index is 13.2. The largest absolute Gasteiger partial charge is 0.486 e. The molecule has 0 radical (unpaired) electrons. The standard InChI is InChI=1S/C11H9BrFNOS/c12-6-8-3-9(13)5-10(4-8)15-7-11-14-1-2-16-11/h1-5H,6-7H2. The quantitative estimate of drug-likeness (QED) is 0.802. The van der Waals surface area contributed by atoms with Crippen LogP contribution in [-0.2, 0) is 11.9 Å². The highest BCUT2D eigenvalue weighted by Gasteiger charge is 2.02. The molecule has 2 nitrogen and oxygen atoms in total. The lowest BCUT2D eigenvalue weighted by atomic mass is 10.2. The van der Waals surface area contributed by atoms with Crippen molar-refractivity contribution in [2.75, 3.05) is 0 Å². The Morgan fingerprint density at radius 1 is 1.38 bits per heavy atom. The number of thiazole rings is 1. The average molecular weight is 302 g/mol. The van der Waals surface area contributed by atoms with E-state index >= 15 is 0 Å². The molecule has 1 aromatic heterocycles. The smallest absolute Gasteiger partial charge is 0.140 e. The number of ether oxygens (including phenoxy) is 1. The van der Waals surface area contributed by atoms with Crippen molar-refractivity contribution in [3.05, 3.63) is 46.2 Å². The van der Waals surface area contributed by atoms with Gasteiger partial charge < -0.3 is 4.74 Å². The van der Waals surface area contributed by atoms with Gasteiger partial charge in [0.05, 0.1) is 0 Å². The second-order valence-corrected chi connectivity index (χ2v) is 4.68. The molecule has 0 fully saturated rings. The number of rotatable bonds is 4. The number of aromatic nitrogens is 1. The minimum atomic E-state index is -0.286. The molecule has 0 spiro atoms. The summed E-state index contributed by atoms with van der Waals surface area (Å²) < 4.78 is 18.6. The zero-order chi connectivity index (χ0) is 11.4. The molecular weight excluding hydrogens is 293 g/mol. The maximum absolute atomic E-state index is 13.2. The molecule has 0 amide bonds. The molecule has 1 heterocycles. The van der Waals surface area contributed by atoms with E-state index in [2.05, 4.69) is 20.9 Å². The molecule has 2 rings (SSSR count). The molecule has 0 saturated heterocycles. The van der Waals surface area contributed by atoms with Crippen molar-refractivity contribution in [1.82, 2.24) is 4.98 Å². The van der Waals surface area contributed by atoms with Crippen molar-refractivity contribution in [3.8, 4) is 5.75 Å². The van der Waals surface area contributed by atoms with Gasteiger partial charge in [-0.1, -0.05) is 15.9 Å². The highest BCUT2D eigenvalue weighted by atomic mass is 79.9. The van der Waals surface area contributed by atoms with E-state index in [-0.39, 0.29) is 5.82 Å². The zero-order valence-corrected chi connectivity index (χ0v) is 10.7. The van der Waals surface area contributed by atoms with E-state index in [0.29, 0.717) is 17.7 Å². The number of benzene rings is 1. The summed E-state index contributed by atoms with van der Waals surface area (Å²) in [5.41, 5.74) is 0.856. The fraction of sp³-hybridized carbons (Fsp3) is 0.182. The van der Waals surface area contributed by atoms with E-state index < -0.39 is 0 Å². The van der Waals surface area contributed by atoms with Crippen LogP contribution in [0.4, 0.5) is 4.39 Å². The normalized spacial score (nSPS) is 10.4. The summed E-state index contributed by atoms with van der Waals surface area (Å²) in [5, 5.41) is 3.37. The van der Waals surface area contributed by atoms with Gasteiger partial charge in [-0.3, -0.25) is 0 Å². The Labute approximate surface area is 105 Å². The van der Waals surface area contributed by atoms with Crippen LogP contribution in [0.15, 0.2) is 29.8 Å². The highest BCUT2D eigenvalue weighted by Crippen LogP contribution is 2.19. The number of halogens is 2. The first-order valence-corrected chi connectivity index (χ1v) is 6.64. The zero-order valence-electron chi connectivity index (χ0n) is 8.32. The minimum Gasteiger partial charge on any atom is -0.486 e. The lowest BCUT2D eigenvalue weighted by Crippen LogP contribution is -1.95. The Morgan fingerprint density at radius 2 is 2.25 bits per heavy atom. The molecule has 0 atom stereocenters. The monoisotopic (exact) mass is 301 g/mol. The summed E-state index contributed by atoms with van der Waals surface area (Å²) in [6, 6.07) is 4.66. The van der Waals surface area contributed by atoms with E-state index in [9.17, 15) is 4.39 Å². The van der Waals surface area contributed by atoms with Crippen molar-refractivity contribution < 1.29 is 9.13 Å². The van der Waals surface area contributed by atoms with Crippen LogP contribution in [-0.4, -0.2) is 4.98 Å². The van der Waals surface area contributed by atoms with E-state index in [0.717, 1.165) is 10.6 Å². The van der Waals surface area contributed by atoms with Gasteiger partial charge in [-0.2, -0.15) is 0 Å². The summed E-state index contributed by atoms with van der Waals surface area (Å²) in [5.74, 6) is 0.246. The molecule has 0 aliphatic carbocycles. The summed E-state index contributed by atoms with van der Waals surface area (Å²) in [6.45, 7) is 0.378. The molecule has 1 aromatic carbocycles. The summed E-state index contributed by atoms with van der Waals surface area (Å²) >= 11 is 4.80. The second-order valence-electron chi connectivity index (χ2n) is 3.14. The average Bonchev–Trinajstić information content (AvgIpc) is 2.78. The number of alkyl halides is 1. The molecule has 5 heteroatoms. The molecule has 0 aliphatic heterocycles. The number of hydrogen-bond acceptors (Lipinski definition) is 3. The highest BCUT2D eigenvalue weighted by molar-refractivity contribution is 9.08. The molecule has 84 valence electrons. The Morgan fingerprint density at radius 3 is 2.94 bits per heavy atom. The number of nitrogens with zero attached hydrogens (tertiary/aromatic N) is 1. The third kappa shape index (κ3) is 3.02. The van der Waals surface area contributed by atoms with Crippen LogP contribution >= 0.6 is 27.3 Å². The number of hydrogen-bond donors (Lipinski definition) is 0. The third-order valence-electron chi connectivity index (χ3n) is 1.93. The molecule has 0 N–H and O–H groups in total. The molecule has 0 unspecified atom stereocenters. The molecule has 0 saturated carbocycles. The van der Waals surface area contributed by atoms with Gasteiger partial charge in [-0.25, -0.2) is 9.37 Å². The van der Waals surface area contributed by atoms with Crippen LogP contribution in [0.25, 0.3) is 0 Å². The van der Waals surface area contributed by atoms with Crippen LogP contribution in [0, 0.1) is 5.82 Å². The summed E-state index contributed by atoms with van der Waals surface area (Å²) in [6.07, 6.45) is 1.72. The lowest BCUT2D eigenvalue weighted by Gasteiger charge is -2.05. The van der Waals surface area contributed by atoms with Gasteiger partial charge in [-0.15, -0.1) is 11.3 Å². The summed E-state index contributed by atoms with van der Waals surface area (Å²) in [7, 11) is 0. The van der Waals surface area contributed by atoms with Crippen molar-refractivity contribution >= 4 is 27.3 Å².